The van der Waals surface area contributed by atoms with Crippen molar-refractivity contribution in [2.24, 2.45) is 0 Å². The van der Waals surface area contributed by atoms with Gasteiger partial charge in [0.1, 0.15) is 0 Å². The summed E-state index contributed by atoms with van der Waals surface area (Å²) in [6.07, 6.45) is 0. The fourth-order valence-electron chi connectivity index (χ4n) is 2.03. The summed E-state index contributed by atoms with van der Waals surface area (Å²) < 4.78 is 2.46. The molecule has 0 unspecified atom stereocenters. The van der Waals surface area contributed by atoms with Crippen molar-refractivity contribution in [2.45, 2.75) is 10.9 Å². The number of carboxylic acid groups (broad SMARTS) is 1. The SMILES string of the molecule is O=C(O)c1ccc(Br)cc1CSc1nnnn1-c1ccccc1. The molecular weight excluding hydrogens is 380 g/mol. The molecule has 0 spiro atoms. The maximum Gasteiger partial charge on any atom is 0.335 e. The third-order valence-corrected chi connectivity index (χ3v) is 4.56. The van der Waals surface area contributed by atoms with Gasteiger partial charge in [-0.3, -0.25) is 0 Å². The maximum absolute atomic E-state index is 11.3. The van der Waals surface area contributed by atoms with E-state index in [-0.39, 0.29) is 5.56 Å². The van der Waals surface area contributed by atoms with Gasteiger partial charge in [-0.2, -0.15) is 4.68 Å². The Balaban J connectivity index is 1.84. The van der Waals surface area contributed by atoms with Crippen LogP contribution in [0.2, 0.25) is 0 Å². The van der Waals surface area contributed by atoms with Gasteiger partial charge in [0.25, 0.3) is 0 Å². The van der Waals surface area contributed by atoms with E-state index in [4.69, 9.17) is 0 Å². The molecule has 2 aromatic carbocycles. The van der Waals surface area contributed by atoms with Crippen LogP contribution in [0.4, 0.5) is 0 Å². The zero-order valence-corrected chi connectivity index (χ0v) is 14.2. The molecule has 116 valence electrons. The highest BCUT2D eigenvalue weighted by Gasteiger charge is 2.14. The molecule has 23 heavy (non-hydrogen) atoms. The molecule has 3 aromatic rings. The highest BCUT2D eigenvalue weighted by Crippen LogP contribution is 2.26. The van der Waals surface area contributed by atoms with E-state index in [2.05, 4.69) is 31.5 Å². The number of tetrazole rings is 1. The number of aromatic nitrogens is 4. The summed E-state index contributed by atoms with van der Waals surface area (Å²) in [5.41, 5.74) is 1.84. The predicted molar refractivity (Wildman–Crippen MR) is 89.8 cm³/mol. The van der Waals surface area contributed by atoms with E-state index in [9.17, 15) is 9.90 Å². The van der Waals surface area contributed by atoms with Gasteiger partial charge >= 0.3 is 5.97 Å². The zero-order chi connectivity index (χ0) is 16.2. The number of rotatable bonds is 5. The van der Waals surface area contributed by atoms with Crippen LogP contribution in [0.1, 0.15) is 15.9 Å². The van der Waals surface area contributed by atoms with E-state index in [0.717, 1.165) is 10.2 Å². The van der Waals surface area contributed by atoms with Gasteiger partial charge in [0.05, 0.1) is 11.3 Å². The number of thioether (sulfide) groups is 1. The lowest BCUT2D eigenvalue weighted by Crippen LogP contribution is -2.02. The van der Waals surface area contributed by atoms with Crippen molar-refractivity contribution in [3.8, 4) is 5.69 Å². The summed E-state index contributed by atoms with van der Waals surface area (Å²) in [6.45, 7) is 0. The first kappa shape index (κ1) is 15.7. The first-order chi connectivity index (χ1) is 11.1. The van der Waals surface area contributed by atoms with Crippen LogP contribution >= 0.6 is 27.7 Å². The van der Waals surface area contributed by atoms with Crippen LogP contribution in [0, 0.1) is 0 Å². The monoisotopic (exact) mass is 390 g/mol. The largest absolute Gasteiger partial charge is 0.478 e. The Labute approximate surface area is 144 Å². The van der Waals surface area contributed by atoms with Crippen molar-refractivity contribution in [2.75, 3.05) is 0 Å². The van der Waals surface area contributed by atoms with E-state index in [1.807, 2.05) is 30.3 Å². The standard InChI is InChI=1S/C15H11BrN4O2S/c16-11-6-7-13(14(21)22)10(8-11)9-23-15-17-18-19-20(15)12-4-2-1-3-5-12/h1-8H,9H2,(H,21,22). The predicted octanol–water partition coefficient (Wildman–Crippen LogP) is 3.42. The molecule has 0 aliphatic rings. The minimum absolute atomic E-state index is 0.277. The summed E-state index contributed by atoms with van der Waals surface area (Å²) in [5.74, 6) is -0.496. The molecule has 0 radical (unpaired) electrons. The Morgan fingerprint density at radius 2 is 2.00 bits per heavy atom. The van der Waals surface area contributed by atoms with Gasteiger partial charge < -0.3 is 5.11 Å². The topological polar surface area (TPSA) is 80.9 Å². The number of hydrogen-bond donors (Lipinski definition) is 1. The molecule has 1 aromatic heterocycles. The summed E-state index contributed by atoms with van der Waals surface area (Å²) in [4.78, 5) is 11.3. The van der Waals surface area contributed by atoms with Gasteiger partial charge in [-0.05, 0) is 46.3 Å². The van der Waals surface area contributed by atoms with E-state index < -0.39 is 5.97 Å². The second kappa shape index (κ2) is 6.93. The molecule has 0 fully saturated rings. The molecule has 1 N–H and O–H groups in total. The Hall–Kier alpha value is -2.19. The van der Waals surface area contributed by atoms with E-state index >= 15 is 0 Å². The lowest BCUT2D eigenvalue weighted by molar-refractivity contribution is 0.0696. The average molecular weight is 391 g/mol. The minimum Gasteiger partial charge on any atom is -0.478 e. The van der Waals surface area contributed by atoms with Crippen LogP contribution in [0.15, 0.2) is 58.2 Å². The number of halogens is 1. The van der Waals surface area contributed by atoms with Gasteiger partial charge in [-0.15, -0.1) is 5.10 Å². The summed E-state index contributed by atoms with van der Waals surface area (Å²) in [6, 6.07) is 14.6. The van der Waals surface area contributed by atoms with Crippen molar-refractivity contribution in [3.63, 3.8) is 0 Å². The number of aromatic carboxylic acids is 1. The van der Waals surface area contributed by atoms with Gasteiger partial charge in [-0.25, -0.2) is 4.79 Å². The fraction of sp³-hybridized carbons (Fsp3) is 0.0667. The summed E-state index contributed by atoms with van der Waals surface area (Å²) >= 11 is 4.75. The zero-order valence-electron chi connectivity index (χ0n) is 11.8. The third-order valence-electron chi connectivity index (χ3n) is 3.10. The van der Waals surface area contributed by atoms with Gasteiger partial charge in [0.2, 0.25) is 5.16 Å². The molecule has 8 heteroatoms. The highest BCUT2D eigenvalue weighted by atomic mass is 79.9. The van der Waals surface area contributed by atoms with Crippen molar-refractivity contribution in [3.05, 3.63) is 64.1 Å². The third kappa shape index (κ3) is 3.59. The number of benzene rings is 2. The van der Waals surface area contributed by atoms with Crippen molar-refractivity contribution < 1.29 is 9.90 Å². The van der Waals surface area contributed by atoms with Crippen LogP contribution in [0.3, 0.4) is 0 Å². The molecule has 0 saturated heterocycles. The van der Waals surface area contributed by atoms with Crippen molar-refractivity contribution in [1.82, 2.24) is 20.2 Å². The van der Waals surface area contributed by atoms with Crippen LogP contribution in [-0.4, -0.2) is 31.3 Å². The Morgan fingerprint density at radius 3 is 2.74 bits per heavy atom. The smallest absolute Gasteiger partial charge is 0.335 e. The number of carbonyl (C=O) groups is 1. The van der Waals surface area contributed by atoms with Gasteiger partial charge in [-0.1, -0.05) is 45.9 Å². The average Bonchev–Trinajstić information content (AvgIpc) is 3.02. The second-order valence-electron chi connectivity index (χ2n) is 4.60. The molecule has 0 atom stereocenters. The molecule has 0 amide bonds. The van der Waals surface area contributed by atoms with E-state index in [1.54, 1.807) is 22.9 Å². The van der Waals surface area contributed by atoms with Crippen molar-refractivity contribution in [1.29, 1.82) is 0 Å². The Kier molecular flexibility index (Phi) is 4.73. The minimum atomic E-state index is -0.948. The van der Waals surface area contributed by atoms with E-state index in [1.165, 1.54) is 11.8 Å². The summed E-state index contributed by atoms with van der Waals surface area (Å²) in [7, 11) is 0. The highest BCUT2D eigenvalue weighted by molar-refractivity contribution is 9.10. The number of nitrogens with zero attached hydrogens (tertiary/aromatic N) is 4. The second-order valence-corrected chi connectivity index (χ2v) is 6.46. The molecular formula is C15H11BrN4O2S. The molecule has 0 aliphatic heterocycles. The van der Waals surface area contributed by atoms with Gasteiger partial charge in [0, 0.05) is 10.2 Å². The lowest BCUT2D eigenvalue weighted by Gasteiger charge is -2.07. The first-order valence-electron chi connectivity index (χ1n) is 6.63. The Morgan fingerprint density at radius 1 is 1.22 bits per heavy atom. The number of carboxylic acids is 1. The molecule has 3 rings (SSSR count). The normalized spacial score (nSPS) is 10.7. The molecule has 0 bridgehead atoms. The van der Waals surface area contributed by atoms with E-state index in [0.29, 0.717) is 16.5 Å². The lowest BCUT2D eigenvalue weighted by atomic mass is 10.1. The van der Waals surface area contributed by atoms with Gasteiger partial charge in [0.15, 0.2) is 0 Å². The van der Waals surface area contributed by atoms with Crippen LogP contribution in [0.5, 0.6) is 0 Å². The Bertz CT molecular complexity index is 839. The fourth-order valence-corrected chi connectivity index (χ4v) is 3.32. The first-order valence-corrected chi connectivity index (χ1v) is 8.41. The maximum atomic E-state index is 11.3. The quantitative estimate of drug-likeness (QED) is 0.672. The number of para-hydroxylation sites is 1. The van der Waals surface area contributed by atoms with Crippen LogP contribution < -0.4 is 0 Å². The number of hydrogen-bond acceptors (Lipinski definition) is 5. The molecule has 1 heterocycles. The summed E-state index contributed by atoms with van der Waals surface area (Å²) in [5, 5.41) is 21.6. The molecule has 0 aliphatic carbocycles. The van der Waals surface area contributed by atoms with Crippen LogP contribution in [-0.2, 0) is 5.75 Å². The van der Waals surface area contributed by atoms with Crippen molar-refractivity contribution >= 4 is 33.7 Å². The molecule has 0 saturated carbocycles. The van der Waals surface area contributed by atoms with Crippen LogP contribution in [0.25, 0.3) is 5.69 Å². The molecule has 6 nitrogen and oxygen atoms in total.